The topological polar surface area (TPSA) is 77.1 Å². The van der Waals surface area contributed by atoms with E-state index in [-0.39, 0.29) is 5.91 Å². The van der Waals surface area contributed by atoms with Gasteiger partial charge < -0.3 is 11.1 Å². The van der Waals surface area contributed by atoms with Crippen molar-refractivity contribution in [3.63, 3.8) is 0 Å². The van der Waals surface area contributed by atoms with Gasteiger partial charge in [0.2, 0.25) is 5.91 Å². The summed E-state index contributed by atoms with van der Waals surface area (Å²) in [7, 11) is 0. The lowest BCUT2D eigenvalue weighted by molar-refractivity contribution is 0.0866. The summed E-state index contributed by atoms with van der Waals surface area (Å²) in [6.07, 6.45) is 7.34. The van der Waals surface area contributed by atoms with E-state index < -0.39 is 5.91 Å². The normalized spacial score (nSPS) is 19.4. The van der Waals surface area contributed by atoms with E-state index in [1.54, 1.807) is 0 Å². The number of primary amides is 1. The fraction of sp³-hybridized carbons (Fsp3) is 0.385. The summed E-state index contributed by atoms with van der Waals surface area (Å²) in [4.78, 5) is 25.0. The van der Waals surface area contributed by atoms with Gasteiger partial charge in [-0.05, 0) is 48.9 Å². The van der Waals surface area contributed by atoms with Crippen LogP contribution in [0.25, 0.3) is 22.0 Å². The predicted octanol–water partition coefficient (Wildman–Crippen LogP) is 5.37. The second-order valence-electron chi connectivity index (χ2n) is 9.19. The Hall–Kier alpha value is -3.08. The first kappa shape index (κ1) is 19.9. The van der Waals surface area contributed by atoms with Crippen molar-refractivity contribution in [1.29, 1.82) is 0 Å². The monoisotopic (exact) mass is 415 g/mol. The number of aromatic nitrogens is 1. The molecule has 1 fully saturated rings. The first-order valence-electron chi connectivity index (χ1n) is 11.4. The summed E-state index contributed by atoms with van der Waals surface area (Å²) >= 11 is 0. The number of amides is 1. The van der Waals surface area contributed by atoms with Crippen molar-refractivity contribution >= 4 is 28.4 Å². The van der Waals surface area contributed by atoms with Gasteiger partial charge in [0.1, 0.15) is 0 Å². The van der Waals surface area contributed by atoms with E-state index in [1.807, 2.05) is 34.9 Å². The molecule has 1 aliphatic heterocycles. The van der Waals surface area contributed by atoms with E-state index in [4.69, 9.17) is 5.73 Å². The Morgan fingerprint density at radius 2 is 1.84 bits per heavy atom. The summed E-state index contributed by atoms with van der Waals surface area (Å²) in [5.74, 6) is 0.0516. The van der Waals surface area contributed by atoms with E-state index in [0.717, 1.165) is 52.7 Å². The van der Waals surface area contributed by atoms with Gasteiger partial charge in [0.15, 0.2) is 0 Å². The standard InChI is InChI=1S/C26H29N3O2/c1-16-13-23-25(20-9-5-6-10-22(20)29(23)24(30)14-16)17-11-12-19(26(27)31)21(15-17)28-18-7-3-2-4-8-18/h5-6,9-12,15-16,18,28H,2-4,7-8,13-14H2,1H3,(H2,27,31)/t16-/m1/s1. The number of hydrogen-bond acceptors (Lipinski definition) is 3. The first-order valence-corrected chi connectivity index (χ1v) is 11.4. The molecule has 3 aromatic rings. The first-order chi connectivity index (χ1) is 15.0. The molecular formula is C26H29N3O2. The van der Waals surface area contributed by atoms with Crippen LogP contribution in [-0.2, 0) is 6.42 Å². The third kappa shape index (κ3) is 3.52. The zero-order chi connectivity index (χ0) is 21.5. The number of hydrogen-bond donors (Lipinski definition) is 2. The number of benzene rings is 2. The van der Waals surface area contributed by atoms with Crippen LogP contribution in [0.3, 0.4) is 0 Å². The summed E-state index contributed by atoms with van der Waals surface area (Å²) in [5.41, 5.74) is 11.2. The van der Waals surface area contributed by atoms with Gasteiger partial charge in [-0.2, -0.15) is 0 Å². The number of carbonyl (C=O) groups is 2. The maximum absolute atomic E-state index is 12.9. The molecule has 5 rings (SSSR count). The molecule has 3 N–H and O–H groups in total. The largest absolute Gasteiger partial charge is 0.382 e. The maximum atomic E-state index is 12.9. The highest BCUT2D eigenvalue weighted by Crippen LogP contribution is 2.40. The molecule has 0 bridgehead atoms. The van der Waals surface area contributed by atoms with Crippen LogP contribution in [0.2, 0.25) is 0 Å². The van der Waals surface area contributed by atoms with Crippen molar-refractivity contribution in [1.82, 2.24) is 4.57 Å². The van der Waals surface area contributed by atoms with Crippen LogP contribution in [0.15, 0.2) is 42.5 Å². The molecule has 2 heterocycles. The zero-order valence-corrected chi connectivity index (χ0v) is 18.0. The molecule has 160 valence electrons. The fourth-order valence-electron chi connectivity index (χ4n) is 5.39. The third-order valence-corrected chi connectivity index (χ3v) is 6.83. The molecule has 0 spiro atoms. The summed E-state index contributed by atoms with van der Waals surface area (Å²) in [6, 6.07) is 14.3. The molecule has 1 aromatic heterocycles. The lowest BCUT2D eigenvalue weighted by Crippen LogP contribution is -2.25. The van der Waals surface area contributed by atoms with Gasteiger partial charge in [0.25, 0.3) is 5.91 Å². The molecule has 0 unspecified atom stereocenters. The number of nitrogens with two attached hydrogens (primary N) is 1. The second-order valence-corrected chi connectivity index (χ2v) is 9.19. The Balaban J connectivity index is 1.67. The molecule has 1 atom stereocenters. The number of para-hydroxylation sites is 1. The van der Waals surface area contributed by atoms with Crippen LogP contribution in [-0.4, -0.2) is 22.4 Å². The lowest BCUT2D eigenvalue weighted by atomic mass is 9.91. The van der Waals surface area contributed by atoms with Crippen LogP contribution in [0.1, 0.15) is 66.3 Å². The molecule has 31 heavy (non-hydrogen) atoms. The van der Waals surface area contributed by atoms with Crippen molar-refractivity contribution in [2.24, 2.45) is 11.7 Å². The van der Waals surface area contributed by atoms with E-state index in [2.05, 4.69) is 24.4 Å². The van der Waals surface area contributed by atoms with Gasteiger partial charge in [-0.3, -0.25) is 14.2 Å². The highest BCUT2D eigenvalue weighted by Gasteiger charge is 2.29. The van der Waals surface area contributed by atoms with Crippen molar-refractivity contribution in [2.45, 2.75) is 57.9 Å². The SMILES string of the molecule is C[C@H]1CC(=O)n2c(c(-c3ccc(C(N)=O)c(NC4CCCCC4)c3)c3ccccc32)C1. The van der Waals surface area contributed by atoms with Gasteiger partial charge in [0, 0.05) is 34.8 Å². The third-order valence-electron chi connectivity index (χ3n) is 6.83. The molecule has 2 aromatic carbocycles. The molecule has 5 nitrogen and oxygen atoms in total. The highest BCUT2D eigenvalue weighted by molar-refractivity contribution is 6.06. The fourth-order valence-corrected chi connectivity index (χ4v) is 5.39. The van der Waals surface area contributed by atoms with Gasteiger partial charge in [-0.1, -0.05) is 50.5 Å². The van der Waals surface area contributed by atoms with E-state index in [1.165, 1.54) is 19.3 Å². The lowest BCUT2D eigenvalue weighted by Gasteiger charge is -2.25. The van der Waals surface area contributed by atoms with E-state index >= 15 is 0 Å². The quantitative estimate of drug-likeness (QED) is 0.601. The molecule has 1 aliphatic carbocycles. The van der Waals surface area contributed by atoms with Gasteiger partial charge in [0.05, 0.1) is 11.1 Å². The van der Waals surface area contributed by atoms with Gasteiger partial charge in [-0.15, -0.1) is 0 Å². The van der Waals surface area contributed by atoms with Gasteiger partial charge in [-0.25, -0.2) is 0 Å². The molecule has 5 heteroatoms. The molecule has 2 aliphatic rings. The molecule has 0 radical (unpaired) electrons. The Labute approximate surface area is 182 Å². The number of rotatable bonds is 4. The van der Waals surface area contributed by atoms with Crippen LogP contribution < -0.4 is 11.1 Å². The number of carbonyl (C=O) groups excluding carboxylic acids is 2. The van der Waals surface area contributed by atoms with E-state index in [0.29, 0.717) is 23.9 Å². The van der Waals surface area contributed by atoms with Crippen LogP contribution >= 0.6 is 0 Å². The van der Waals surface area contributed by atoms with Crippen molar-refractivity contribution in [3.05, 3.63) is 53.7 Å². The molecule has 1 saturated carbocycles. The summed E-state index contributed by atoms with van der Waals surface area (Å²) in [6.45, 7) is 2.13. The average Bonchev–Trinajstić information content (AvgIpc) is 3.08. The Bertz CT molecular complexity index is 1170. The second kappa shape index (κ2) is 7.88. The molecule has 1 amide bonds. The average molecular weight is 416 g/mol. The minimum Gasteiger partial charge on any atom is -0.382 e. The minimum absolute atomic E-state index is 0.158. The molecular weight excluding hydrogens is 386 g/mol. The smallest absolute Gasteiger partial charge is 0.250 e. The number of nitrogens with one attached hydrogen (secondary N) is 1. The van der Waals surface area contributed by atoms with Crippen molar-refractivity contribution < 1.29 is 9.59 Å². The van der Waals surface area contributed by atoms with Crippen LogP contribution in [0, 0.1) is 5.92 Å². The Kier molecular flexibility index (Phi) is 5.05. The highest BCUT2D eigenvalue weighted by atomic mass is 16.2. The van der Waals surface area contributed by atoms with Crippen LogP contribution in [0.4, 0.5) is 5.69 Å². The minimum atomic E-state index is -0.419. The van der Waals surface area contributed by atoms with Gasteiger partial charge >= 0.3 is 0 Å². The van der Waals surface area contributed by atoms with Crippen LogP contribution in [0.5, 0.6) is 0 Å². The van der Waals surface area contributed by atoms with Crippen molar-refractivity contribution in [3.8, 4) is 11.1 Å². The van der Waals surface area contributed by atoms with Crippen molar-refractivity contribution in [2.75, 3.05) is 5.32 Å². The predicted molar refractivity (Wildman–Crippen MR) is 124 cm³/mol. The number of fused-ring (bicyclic) bond motifs is 3. The summed E-state index contributed by atoms with van der Waals surface area (Å²) < 4.78 is 1.90. The Morgan fingerprint density at radius 1 is 1.06 bits per heavy atom. The van der Waals surface area contributed by atoms with E-state index in [9.17, 15) is 9.59 Å². The number of nitrogens with zero attached hydrogens (tertiary/aromatic N) is 1. The maximum Gasteiger partial charge on any atom is 0.250 e. The summed E-state index contributed by atoms with van der Waals surface area (Å²) in [5, 5.41) is 4.68. The number of anilines is 1. The zero-order valence-electron chi connectivity index (χ0n) is 18.0. The Morgan fingerprint density at radius 3 is 2.61 bits per heavy atom. The molecule has 0 saturated heterocycles.